The molecule has 1 aliphatic heterocycles. The number of hydrogen-bond acceptors (Lipinski definition) is 5. The highest BCUT2D eigenvalue weighted by atomic mass is 16.5. The normalized spacial score (nSPS) is 17.2. The lowest BCUT2D eigenvalue weighted by Crippen LogP contribution is -2.48. The molecule has 0 aromatic heterocycles. The summed E-state index contributed by atoms with van der Waals surface area (Å²) in [5, 5.41) is 0. The molecule has 21 heavy (non-hydrogen) atoms. The molecule has 1 amide bonds. The molecule has 0 saturated heterocycles. The van der Waals surface area contributed by atoms with Crippen LogP contribution in [0, 0.1) is 0 Å². The van der Waals surface area contributed by atoms with E-state index in [1.54, 1.807) is 19.1 Å². The molecule has 0 spiro atoms. The van der Waals surface area contributed by atoms with Gasteiger partial charge in [-0.05, 0) is 31.0 Å². The number of hydrogen-bond donors (Lipinski definition) is 1. The van der Waals surface area contributed by atoms with Crippen LogP contribution in [0.1, 0.15) is 25.8 Å². The van der Waals surface area contributed by atoms with Gasteiger partial charge in [-0.3, -0.25) is 14.5 Å². The molecule has 114 valence electrons. The predicted molar refractivity (Wildman–Crippen MR) is 78.0 cm³/mol. The van der Waals surface area contributed by atoms with Gasteiger partial charge in [-0.2, -0.15) is 0 Å². The number of rotatable bonds is 5. The second-order valence-electron chi connectivity index (χ2n) is 4.75. The minimum Gasteiger partial charge on any atom is -0.478 e. The standard InChI is InChI=1S/C15H20N2O4/c1-3-12-15(19)17(9-14(18)20-4-2)11-7-10(8-16)5-6-13(11)21-12/h5-7,12H,3-4,8-9,16H2,1-2H3. The highest BCUT2D eigenvalue weighted by molar-refractivity contribution is 6.03. The van der Waals surface area contributed by atoms with Crippen LogP contribution in [-0.2, 0) is 20.9 Å². The van der Waals surface area contributed by atoms with Crippen LogP contribution in [0.4, 0.5) is 5.69 Å². The summed E-state index contributed by atoms with van der Waals surface area (Å²) in [5.74, 6) is -0.0816. The number of carbonyl (C=O) groups excluding carboxylic acids is 2. The van der Waals surface area contributed by atoms with Crippen molar-refractivity contribution in [2.75, 3.05) is 18.1 Å². The second kappa shape index (κ2) is 6.58. The molecular formula is C15H20N2O4. The average Bonchev–Trinajstić information content (AvgIpc) is 2.49. The Hall–Kier alpha value is -2.08. The molecule has 0 bridgehead atoms. The Kier molecular flexibility index (Phi) is 4.80. The van der Waals surface area contributed by atoms with Crippen molar-refractivity contribution >= 4 is 17.6 Å². The molecule has 0 aliphatic carbocycles. The predicted octanol–water partition coefficient (Wildman–Crippen LogP) is 1.21. The first-order chi connectivity index (χ1) is 10.1. The van der Waals surface area contributed by atoms with Gasteiger partial charge >= 0.3 is 5.97 Å². The molecule has 1 aromatic carbocycles. The van der Waals surface area contributed by atoms with Gasteiger partial charge < -0.3 is 15.2 Å². The summed E-state index contributed by atoms with van der Waals surface area (Å²) in [5.41, 5.74) is 7.07. The Morgan fingerprint density at radius 3 is 2.81 bits per heavy atom. The first-order valence-corrected chi connectivity index (χ1v) is 7.07. The third-order valence-corrected chi connectivity index (χ3v) is 3.32. The zero-order chi connectivity index (χ0) is 15.4. The van der Waals surface area contributed by atoms with E-state index in [-0.39, 0.29) is 19.1 Å². The van der Waals surface area contributed by atoms with E-state index < -0.39 is 12.1 Å². The topological polar surface area (TPSA) is 81.9 Å². The van der Waals surface area contributed by atoms with E-state index in [4.69, 9.17) is 15.2 Å². The van der Waals surface area contributed by atoms with Crippen molar-refractivity contribution < 1.29 is 19.1 Å². The Morgan fingerprint density at radius 1 is 1.43 bits per heavy atom. The molecule has 1 heterocycles. The summed E-state index contributed by atoms with van der Waals surface area (Å²) in [6.07, 6.45) is -0.0355. The number of amides is 1. The minimum atomic E-state index is -0.573. The molecule has 1 atom stereocenters. The van der Waals surface area contributed by atoms with Crippen LogP contribution in [0.3, 0.4) is 0 Å². The molecular weight excluding hydrogens is 272 g/mol. The maximum atomic E-state index is 12.4. The van der Waals surface area contributed by atoms with Crippen molar-refractivity contribution in [1.82, 2.24) is 0 Å². The summed E-state index contributed by atoms with van der Waals surface area (Å²) in [6, 6.07) is 5.41. The maximum absolute atomic E-state index is 12.4. The first kappa shape index (κ1) is 15.3. The summed E-state index contributed by atoms with van der Waals surface area (Å²) in [7, 11) is 0. The van der Waals surface area contributed by atoms with Gasteiger partial charge in [-0.25, -0.2) is 0 Å². The van der Waals surface area contributed by atoms with Crippen LogP contribution in [-0.4, -0.2) is 31.1 Å². The number of ether oxygens (including phenoxy) is 2. The van der Waals surface area contributed by atoms with Crippen LogP contribution in [0.5, 0.6) is 5.75 Å². The van der Waals surface area contributed by atoms with Crippen LogP contribution in [0.2, 0.25) is 0 Å². The van der Waals surface area contributed by atoms with E-state index in [2.05, 4.69) is 0 Å². The van der Waals surface area contributed by atoms with Crippen molar-refractivity contribution in [1.29, 1.82) is 0 Å². The van der Waals surface area contributed by atoms with Gasteiger partial charge in [0.25, 0.3) is 5.91 Å². The summed E-state index contributed by atoms with van der Waals surface area (Å²) < 4.78 is 10.6. The Morgan fingerprint density at radius 2 is 2.19 bits per heavy atom. The fourth-order valence-corrected chi connectivity index (χ4v) is 2.25. The van der Waals surface area contributed by atoms with Gasteiger partial charge in [-0.1, -0.05) is 13.0 Å². The van der Waals surface area contributed by atoms with Gasteiger partial charge in [0.2, 0.25) is 0 Å². The number of fused-ring (bicyclic) bond motifs is 1. The lowest BCUT2D eigenvalue weighted by atomic mass is 10.1. The van der Waals surface area contributed by atoms with E-state index >= 15 is 0 Å². The molecule has 0 fully saturated rings. The highest BCUT2D eigenvalue weighted by Crippen LogP contribution is 2.35. The van der Waals surface area contributed by atoms with Gasteiger partial charge in [0, 0.05) is 6.54 Å². The van der Waals surface area contributed by atoms with E-state index in [0.29, 0.717) is 24.4 Å². The quantitative estimate of drug-likeness (QED) is 0.825. The fourth-order valence-electron chi connectivity index (χ4n) is 2.25. The number of nitrogens with two attached hydrogens (primary N) is 1. The van der Waals surface area contributed by atoms with Gasteiger partial charge in [0.05, 0.1) is 12.3 Å². The average molecular weight is 292 g/mol. The van der Waals surface area contributed by atoms with Crippen molar-refractivity contribution in [3.8, 4) is 5.75 Å². The fraction of sp³-hybridized carbons (Fsp3) is 0.467. The number of carbonyl (C=O) groups is 2. The lowest BCUT2D eigenvalue weighted by Gasteiger charge is -2.33. The molecule has 1 aromatic rings. The number of nitrogens with zero attached hydrogens (tertiary/aromatic N) is 1. The molecule has 1 unspecified atom stereocenters. The summed E-state index contributed by atoms with van der Waals surface area (Å²) in [4.78, 5) is 25.6. The van der Waals surface area contributed by atoms with Crippen molar-refractivity contribution in [2.24, 2.45) is 5.73 Å². The Balaban J connectivity index is 2.36. The smallest absolute Gasteiger partial charge is 0.326 e. The second-order valence-corrected chi connectivity index (χ2v) is 4.75. The first-order valence-electron chi connectivity index (χ1n) is 7.07. The minimum absolute atomic E-state index is 0.118. The van der Waals surface area contributed by atoms with Crippen LogP contribution < -0.4 is 15.4 Å². The van der Waals surface area contributed by atoms with Crippen LogP contribution >= 0.6 is 0 Å². The van der Waals surface area contributed by atoms with E-state index in [1.165, 1.54) is 4.90 Å². The van der Waals surface area contributed by atoms with Gasteiger partial charge in [-0.15, -0.1) is 0 Å². The molecule has 0 radical (unpaired) electrons. The molecule has 0 saturated carbocycles. The zero-order valence-electron chi connectivity index (χ0n) is 12.3. The number of esters is 1. The third kappa shape index (κ3) is 3.16. The third-order valence-electron chi connectivity index (χ3n) is 3.32. The largest absolute Gasteiger partial charge is 0.478 e. The molecule has 1 aliphatic rings. The van der Waals surface area contributed by atoms with E-state index in [9.17, 15) is 9.59 Å². The number of anilines is 1. The lowest BCUT2D eigenvalue weighted by molar-refractivity contribution is -0.143. The maximum Gasteiger partial charge on any atom is 0.326 e. The molecule has 2 N–H and O–H groups in total. The van der Waals surface area contributed by atoms with Crippen molar-refractivity contribution in [3.05, 3.63) is 23.8 Å². The SMILES string of the molecule is CCOC(=O)CN1C(=O)C(CC)Oc2ccc(CN)cc21. The zero-order valence-corrected chi connectivity index (χ0v) is 12.3. The van der Waals surface area contributed by atoms with Crippen LogP contribution in [0.25, 0.3) is 0 Å². The van der Waals surface area contributed by atoms with Crippen molar-refractivity contribution in [3.63, 3.8) is 0 Å². The van der Waals surface area contributed by atoms with Crippen LogP contribution in [0.15, 0.2) is 18.2 Å². The van der Waals surface area contributed by atoms with E-state index in [1.807, 2.05) is 13.0 Å². The highest BCUT2D eigenvalue weighted by Gasteiger charge is 2.34. The monoisotopic (exact) mass is 292 g/mol. The Bertz CT molecular complexity index is 544. The van der Waals surface area contributed by atoms with Gasteiger partial charge in [0.1, 0.15) is 12.3 Å². The molecule has 6 heteroatoms. The number of benzene rings is 1. The van der Waals surface area contributed by atoms with Crippen molar-refractivity contribution in [2.45, 2.75) is 32.9 Å². The summed E-state index contributed by atoms with van der Waals surface area (Å²) in [6.45, 7) is 4.11. The van der Waals surface area contributed by atoms with Gasteiger partial charge in [0.15, 0.2) is 6.10 Å². The molecule has 2 rings (SSSR count). The Labute approximate surface area is 123 Å². The summed E-state index contributed by atoms with van der Waals surface area (Å²) >= 11 is 0. The van der Waals surface area contributed by atoms with E-state index in [0.717, 1.165) is 5.56 Å². The molecule has 6 nitrogen and oxygen atoms in total.